The van der Waals surface area contributed by atoms with Crippen LogP contribution in [0.4, 0.5) is 5.69 Å². The molecule has 0 aliphatic rings. The molecule has 0 spiro atoms. The largest absolute Gasteiger partial charge is 0.494 e. The van der Waals surface area contributed by atoms with Gasteiger partial charge in [0.25, 0.3) is 0 Å². The van der Waals surface area contributed by atoms with Gasteiger partial charge in [0.05, 0.1) is 18.7 Å². The second-order valence-corrected chi connectivity index (χ2v) is 6.97. The number of aryl methyl sites for hydroxylation is 2. The van der Waals surface area contributed by atoms with Crippen LogP contribution >= 0.6 is 0 Å². The van der Waals surface area contributed by atoms with Crippen LogP contribution in [0.1, 0.15) is 42.9 Å². The van der Waals surface area contributed by atoms with E-state index < -0.39 is 0 Å². The van der Waals surface area contributed by atoms with Gasteiger partial charge in [0.2, 0.25) is 5.88 Å². The van der Waals surface area contributed by atoms with Crippen LogP contribution in [-0.4, -0.2) is 16.3 Å². The maximum atomic E-state index is 11.3. The van der Waals surface area contributed by atoms with E-state index >= 15 is 0 Å². The molecule has 5 heteroatoms. The molecule has 0 saturated carbocycles. The van der Waals surface area contributed by atoms with Crippen molar-refractivity contribution >= 4 is 16.6 Å². The van der Waals surface area contributed by atoms with Crippen molar-refractivity contribution in [1.29, 1.82) is 0 Å². The van der Waals surface area contributed by atoms with Gasteiger partial charge in [0.15, 0.2) is 5.69 Å². The maximum absolute atomic E-state index is 11.3. The molecule has 5 nitrogen and oxygen atoms in total. The predicted octanol–water partition coefficient (Wildman–Crippen LogP) is 5.98. The number of ether oxygens (including phenoxy) is 1. The van der Waals surface area contributed by atoms with E-state index in [-0.39, 0.29) is 11.6 Å². The van der Waals surface area contributed by atoms with Gasteiger partial charge in [0, 0.05) is 5.39 Å². The Balaban J connectivity index is 1.88. The second kappa shape index (κ2) is 8.25. The molecule has 0 radical (unpaired) electrons. The number of hydrogen-bond donors (Lipinski definition) is 1. The summed E-state index contributed by atoms with van der Waals surface area (Å²) in [6.07, 6.45) is 3.40. The lowest BCUT2D eigenvalue weighted by Crippen LogP contribution is -2.01. The van der Waals surface area contributed by atoms with Crippen molar-refractivity contribution in [3.8, 4) is 11.6 Å². The summed E-state index contributed by atoms with van der Waals surface area (Å²) in [6.45, 7) is 7.25. The summed E-state index contributed by atoms with van der Waals surface area (Å²) in [5.41, 5.74) is 3.90. The molecule has 0 amide bonds. The summed E-state index contributed by atoms with van der Waals surface area (Å²) in [4.78, 5) is 11.3. The number of nitrogens with zero attached hydrogens (tertiary/aromatic N) is 2. The molecule has 3 aromatic rings. The molecule has 1 heterocycles. The third kappa shape index (κ3) is 3.82. The first kappa shape index (κ1) is 19.0. The van der Waals surface area contributed by atoms with E-state index in [9.17, 15) is 10.0 Å². The summed E-state index contributed by atoms with van der Waals surface area (Å²) in [5.74, 6) is 0.760. The lowest BCUT2D eigenvalue weighted by atomic mass is 10.1. The molecule has 142 valence electrons. The van der Waals surface area contributed by atoms with Crippen molar-refractivity contribution in [1.82, 2.24) is 4.57 Å². The Morgan fingerprint density at radius 1 is 1.04 bits per heavy atom. The third-order valence-corrected chi connectivity index (χ3v) is 4.93. The first-order valence-electron chi connectivity index (χ1n) is 9.43. The second-order valence-electron chi connectivity index (χ2n) is 6.97. The molecule has 0 saturated heterocycles. The summed E-state index contributed by atoms with van der Waals surface area (Å²) in [5, 5.41) is 14.4. The highest BCUT2D eigenvalue weighted by atomic mass is 16.5. The van der Waals surface area contributed by atoms with Crippen LogP contribution < -0.4 is 4.74 Å². The Morgan fingerprint density at radius 2 is 1.74 bits per heavy atom. The topological polar surface area (TPSA) is 63.8 Å². The highest BCUT2D eigenvalue weighted by molar-refractivity contribution is 5.99. The monoisotopic (exact) mass is 366 g/mol. The van der Waals surface area contributed by atoms with Crippen molar-refractivity contribution in [2.45, 2.75) is 46.6 Å². The molecule has 0 aliphatic heterocycles. The average Bonchev–Trinajstić information content (AvgIpc) is 2.96. The molecule has 0 fully saturated rings. The van der Waals surface area contributed by atoms with Gasteiger partial charge in [-0.3, -0.25) is 0 Å². The van der Waals surface area contributed by atoms with E-state index in [1.807, 2.05) is 50.2 Å². The van der Waals surface area contributed by atoms with Crippen molar-refractivity contribution in [3.05, 3.63) is 58.0 Å². The first-order chi connectivity index (χ1) is 13.1. The fraction of sp³-hybridized carbons (Fsp3) is 0.364. The zero-order chi connectivity index (χ0) is 19.4. The number of unbranched alkanes of at least 4 members (excludes halogenated alkanes) is 2. The number of benzene rings is 2. The number of aromatic hydroxyl groups is 1. The zero-order valence-electron chi connectivity index (χ0n) is 16.2. The van der Waals surface area contributed by atoms with Gasteiger partial charge in [-0.1, -0.05) is 44.0 Å². The molecule has 27 heavy (non-hydrogen) atoms. The molecule has 0 unspecified atom stereocenters. The Kier molecular flexibility index (Phi) is 5.79. The van der Waals surface area contributed by atoms with Crippen LogP contribution in [0.15, 0.2) is 41.6 Å². The summed E-state index contributed by atoms with van der Waals surface area (Å²) >= 11 is 0. The first-order valence-corrected chi connectivity index (χ1v) is 9.43. The number of nitroso groups, excluding NO2 is 1. The normalized spacial score (nSPS) is 11.1. The minimum Gasteiger partial charge on any atom is -0.494 e. The molecule has 0 bridgehead atoms. The van der Waals surface area contributed by atoms with Crippen LogP contribution in [-0.2, 0) is 6.54 Å². The molecular weight excluding hydrogens is 340 g/mol. The van der Waals surface area contributed by atoms with E-state index in [2.05, 4.69) is 12.1 Å². The molecule has 3 rings (SSSR count). The third-order valence-electron chi connectivity index (χ3n) is 4.93. The molecule has 0 aliphatic carbocycles. The number of fused-ring (bicyclic) bond motifs is 1. The molecule has 2 aromatic carbocycles. The molecule has 0 atom stereocenters. The highest BCUT2D eigenvalue weighted by Gasteiger charge is 2.20. The SMILES string of the molecule is CCCCCOc1ccc(Cn2c(O)c(N=O)c3c(C)ccc(C)c32)cc1. The Hall–Kier alpha value is -2.82. The lowest BCUT2D eigenvalue weighted by Gasteiger charge is -2.11. The average molecular weight is 366 g/mol. The number of rotatable bonds is 8. The fourth-order valence-corrected chi connectivity index (χ4v) is 3.44. The van der Waals surface area contributed by atoms with Crippen LogP contribution in [0, 0.1) is 18.8 Å². The smallest absolute Gasteiger partial charge is 0.222 e. The van der Waals surface area contributed by atoms with Crippen molar-refractivity contribution < 1.29 is 9.84 Å². The summed E-state index contributed by atoms with van der Waals surface area (Å²) < 4.78 is 7.51. The van der Waals surface area contributed by atoms with Crippen molar-refractivity contribution in [3.63, 3.8) is 0 Å². The zero-order valence-corrected chi connectivity index (χ0v) is 16.2. The van der Waals surface area contributed by atoms with Crippen LogP contribution in [0.3, 0.4) is 0 Å². The van der Waals surface area contributed by atoms with Crippen LogP contribution in [0.5, 0.6) is 11.6 Å². The van der Waals surface area contributed by atoms with E-state index in [4.69, 9.17) is 4.74 Å². The van der Waals surface area contributed by atoms with Gasteiger partial charge in [-0.25, -0.2) is 0 Å². The fourth-order valence-electron chi connectivity index (χ4n) is 3.44. The van der Waals surface area contributed by atoms with Crippen molar-refractivity contribution in [2.75, 3.05) is 6.61 Å². The molecule has 1 N–H and O–H groups in total. The number of aromatic nitrogens is 1. The van der Waals surface area contributed by atoms with Crippen molar-refractivity contribution in [2.24, 2.45) is 5.18 Å². The quantitative estimate of drug-likeness (QED) is 0.394. The predicted molar refractivity (Wildman–Crippen MR) is 109 cm³/mol. The maximum Gasteiger partial charge on any atom is 0.222 e. The van der Waals surface area contributed by atoms with Gasteiger partial charge < -0.3 is 14.4 Å². The van der Waals surface area contributed by atoms with Crippen LogP contribution in [0.25, 0.3) is 10.9 Å². The van der Waals surface area contributed by atoms with Gasteiger partial charge in [0.1, 0.15) is 5.75 Å². The van der Waals surface area contributed by atoms with Gasteiger partial charge in [-0.2, -0.15) is 0 Å². The summed E-state index contributed by atoms with van der Waals surface area (Å²) in [7, 11) is 0. The Morgan fingerprint density at radius 3 is 2.41 bits per heavy atom. The standard InChI is InChI=1S/C22H26N2O3/c1-4-5-6-13-27-18-11-9-17(10-12-18)14-24-21-16(3)8-7-15(2)19(21)20(23-26)22(24)25/h7-12,25H,4-6,13-14H2,1-3H3. The molecular formula is C22H26N2O3. The van der Waals surface area contributed by atoms with Crippen LogP contribution in [0.2, 0.25) is 0 Å². The van der Waals surface area contributed by atoms with E-state index in [0.29, 0.717) is 6.54 Å². The van der Waals surface area contributed by atoms with E-state index in [0.717, 1.165) is 46.4 Å². The van der Waals surface area contributed by atoms with Gasteiger partial charge in [-0.05, 0) is 54.3 Å². The highest BCUT2D eigenvalue weighted by Crippen LogP contribution is 2.42. The number of hydrogen-bond acceptors (Lipinski definition) is 4. The minimum atomic E-state index is -0.0858. The van der Waals surface area contributed by atoms with E-state index in [1.54, 1.807) is 4.57 Å². The van der Waals surface area contributed by atoms with E-state index in [1.165, 1.54) is 12.8 Å². The Labute approximate surface area is 159 Å². The van der Waals surface area contributed by atoms with Gasteiger partial charge >= 0.3 is 0 Å². The molecule has 1 aromatic heterocycles. The van der Waals surface area contributed by atoms with Gasteiger partial charge in [-0.15, -0.1) is 4.91 Å². The summed E-state index contributed by atoms with van der Waals surface area (Å²) in [6, 6.07) is 11.8. The minimum absolute atomic E-state index is 0.0858. The Bertz CT molecular complexity index is 943. The lowest BCUT2D eigenvalue weighted by molar-refractivity contribution is 0.306.